The fraction of sp³-hybridized carbons (Fsp3) is 0.100. The van der Waals surface area contributed by atoms with Crippen molar-refractivity contribution in [2.24, 2.45) is 0 Å². The molecular formula is C60H44N2O2. The van der Waals surface area contributed by atoms with Gasteiger partial charge < -0.3 is 18.6 Å². The Kier molecular flexibility index (Phi) is 8.58. The summed E-state index contributed by atoms with van der Waals surface area (Å²) in [7, 11) is 0. The first kappa shape index (κ1) is 36.8. The van der Waals surface area contributed by atoms with Gasteiger partial charge in [0.1, 0.15) is 22.7 Å². The van der Waals surface area contributed by atoms with Crippen LogP contribution in [0, 0.1) is 0 Å². The quantitative estimate of drug-likeness (QED) is 0.160. The molecule has 306 valence electrons. The molecule has 0 N–H and O–H groups in total. The molecule has 0 fully saturated rings. The molecule has 13 rings (SSSR count). The van der Waals surface area contributed by atoms with E-state index in [0.717, 1.165) is 98.5 Å². The molecule has 3 aliphatic carbocycles. The van der Waals surface area contributed by atoms with Crippen LogP contribution in [0.2, 0.25) is 0 Å². The molecule has 0 spiro atoms. The van der Waals surface area contributed by atoms with Crippen molar-refractivity contribution < 1.29 is 9.15 Å². The van der Waals surface area contributed by atoms with Gasteiger partial charge in [0.05, 0.1) is 10.9 Å². The summed E-state index contributed by atoms with van der Waals surface area (Å²) >= 11 is 0. The molecule has 4 nitrogen and oxygen atoms in total. The molecular weight excluding hydrogens is 781 g/mol. The Morgan fingerprint density at radius 2 is 1.33 bits per heavy atom. The number of hydrogen-bond donors (Lipinski definition) is 0. The second kappa shape index (κ2) is 14.9. The van der Waals surface area contributed by atoms with Crippen molar-refractivity contribution >= 4 is 61.6 Å². The maximum absolute atomic E-state index is 7.07. The fourth-order valence-electron chi connectivity index (χ4n) is 10.7. The van der Waals surface area contributed by atoms with Gasteiger partial charge in [-0.1, -0.05) is 140 Å². The number of ether oxygens (including phenoxy) is 1. The van der Waals surface area contributed by atoms with Gasteiger partial charge in [0.15, 0.2) is 0 Å². The number of aromatic nitrogens is 1. The lowest BCUT2D eigenvalue weighted by molar-refractivity contribution is 0.429. The van der Waals surface area contributed by atoms with Crippen LogP contribution in [0.1, 0.15) is 59.0 Å². The van der Waals surface area contributed by atoms with Crippen molar-refractivity contribution in [1.82, 2.24) is 4.57 Å². The molecule has 7 aromatic carbocycles. The monoisotopic (exact) mass is 824 g/mol. The summed E-state index contributed by atoms with van der Waals surface area (Å²) in [6.45, 7) is 0. The maximum Gasteiger partial charge on any atom is 0.145 e. The van der Waals surface area contributed by atoms with Crippen molar-refractivity contribution in [3.05, 3.63) is 234 Å². The van der Waals surface area contributed by atoms with E-state index in [9.17, 15) is 0 Å². The molecule has 0 radical (unpaired) electrons. The van der Waals surface area contributed by atoms with E-state index in [4.69, 9.17) is 9.15 Å². The molecule has 1 aliphatic heterocycles. The lowest BCUT2D eigenvalue weighted by atomic mass is 9.87. The third kappa shape index (κ3) is 5.90. The number of nitrogens with zero attached hydrogens (tertiary/aromatic N) is 2. The highest BCUT2D eigenvalue weighted by Gasteiger charge is 2.33. The lowest BCUT2D eigenvalue weighted by Crippen LogP contribution is -2.10. The minimum absolute atomic E-state index is 0.259. The van der Waals surface area contributed by atoms with E-state index >= 15 is 0 Å². The first-order valence-corrected chi connectivity index (χ1v) is 22.6. The van der Waals surface area contributed by atoms with Crippen LogP contribution in [0.4, 0.5) is 17.1 Å². The third-order valence-corrected chi connectivity index (χ3v) is 13.8. The van der Waals surface area contributed by atoms with Crippen LogP contribution in [0.25, 0.3) is 61.3 Å². The minimum atomic E-state index is 0.259. The van der Waals surface area contributed by atoms with E-state index in [-0.39, 0.29) is 5.92 Å². The normalized spacial score (nSPS) is 17.2. The Balaban J connectivity index is 0.891. The molecule has 4 heteroatoms. The van der Waals surface area contributed by atoms with Crippen molar-refractivity contribution in [2.45, 2.75) is 37.5 Å². The number of para-hydroxylation sites is 3. The van der Waals surface area contributed by atoms with Crippen molar-refractivity contribution in [3.8, 4) is 22.6 Å². The highest BCUT2D eigenvalue weighted by atomic mass is 16.5. The van der Waals surface area contributed by atoms with Crippen LogP contribution in [-0.2, 0) is 6.42 Å². The zero-order valence-electron chi connectivity index (χ0n) is 35.3. The molecule has 64 heavy (non-hydrogen) atoms. The van der Waals surface area contributed by atoms with E-state index in [1.807, 2.05) is 0 Å². The second-order valence-electron chi connectivity index (χ2n) is 17.4. The van der Waals surface area contributed by atoms with E-state index in [1.165, 1.54) is 39.0 Å². The number of allylic oxidation sites excluding steroid dienone is 9. The van der Waals surface area contributed by atoms with Gasteiger partial charge in [0.25, 0.3) is 0 Å². The summed E-state index contributed by atoms with van der Waals surface area (Å²) in [5.74, 6) is 2.67. The van der Waals surface area contributed by atoms with Crippen molar-refractivity contribution in [1.29, 1.82) is 0 Å². The number of anilines is 3. The zero-order valence-corrected chi connectivity index (χ0v) is 35.3. The van der Waals surface area contributed by atoms with Crippen molar-refractivity contribution in [3.63, 3.8) is 0 Å². The van der Waals surface area contributed by atoms with Gasteiger partial charge in [-0.15, -0.1) is 0 Å². The third-order valence-electron chi connectivity index (χ3n) is 13.8. The molecule has 0 saturated carbocycles. The summed E-state index contributed by atoms with van der Waals surface area (Å²) in [4.78, 5) is 2.36. The summed E-state index contributed by atoms with van der Waals surface area (Å²) in [5.41, 5.74) is 17.2. The van der Waals surface area contributed by atoms with Gasteiger partial charge in [-0.25, -0.2) is 0 Å². The van der Waals surface area contributed by atoms with Gasteiger partial charge in [-0.05, 0) is 109 Å². The Morgan fingerprint density at radius 3 is 2.12 bits per heavy atom. The van der Waals surface area contributed by atoms with Gasteiger partial charge in [-0.3, -0.25) is 0 Å². The summed E-state index contributed by atoms with van der Waals surface area (Å²) in [6, 6.07) is 57.3. The first-order chi connectivity index (χ1) is 31.7. The SMILES string of the molecule is C1=CCC(c2ccc(N(c3ccc(C4=C5Oc6ccccc6C5CC=C4)cc3)c3ccc(-c4cccc5c4oc4c5ccc5c4c4c(n5-c5ccccc5)CCC=C4)cc3)cc2)C=C1. The Bertz CT molecular complexity index is 3450. The van der Waals surface area contributed by atoms with Gasteiger partial charge in [0.2, 0.25) is 0 Å². The van der Waals surface area contributed by atoms with Crippen LogP contribution >= 0.6 is 0 Å². The molecule has 2 aromatic heterocycles. The first-order valence-electron chi connectivity index (χ1n) is 22.6. The number of fused-ring (bicyclic) bond motifs is 10. The largest absolute Gasteiger partial charge is 0.460 e. The molecule has 3 heterocycles. The van der Waals surface area contributed by atoms with Crippen LogP contribution in [0.15, 0.2) is 210 Å². The Labute approximate surface area is 372 Å². The second-order valence-corrected chi connectivity index (χ2v) is 17.4. The lowest BCUT2D eigenvalue weighted by Gasteiger charge is -2.27. The van der Waals surface area contributed by atoms with Gasteiger partial charge in [-0.2, -0.15) is 0 Å². The number of rotatable bonds is 7. The average molecular weight is 825 g/mol. The summed E-state index contributed by atoms with van der Waals surface area (Å²) in [5, 5.41) is 3.46. The Hall–Kier alpha value is -7.82. The summed E-state index contributed by atoms with van der Waals surface area (Å²) in [6.07, 6.45) is 22.0. The molecule has 0 saturated heterocycles. The zero-order chi connectivity index (χ0) is 42.1. The standard InChI is InChI=1S/C60H44N2O2/c1-3-13-39(14-4-1)40-25-31-44(32-26-40)61(45-33-27-41(28-34-45)47-19-11-21-50-49-17-8-10-24-56(49)63-58(47)50)46-35-29-42(30-36-46)48-20-12-22-51-52-37-38-55-57(60(52)64-59(48)51)53-18-7-9-23-54(53)62(55)43-15-5-2-6-16-43/h1-8,10-13,15-20,22,24-39,50H,9,14,21,23H2. The van der Waals surface area contributed by atoms with E-state index in [2.05, 4.69) is 216 Å². The average Bonchev–Trinajstić information content (AvgIpc) is 4.05. The number of hydrogen-bond acceptors (Lipinski definition) is 3. The maximum atomic E-state index is 7.07. The number of benzene rings is 7. The highest BCUT2D eigenvalue weighted by molar-refractivity contribution is 6.19. The van der Waals surface area contributed by atoms with Crippen LogP contribution in [-0.4, -0.2) is 4.57 Å². The molecule has 0 bridgehead atoms. The molecule has 0 amide bonds. The van der Waals surface area contributed by atoms with E-state index < -0.39 is 0 Å². The summed E-state index contributed by atoms with van der Waals surface area (Å²) < 4.78 is 16.0. The Morgan fingerprint density at radius 1 is 0.578 bits per heavy atom. The molecule has 2 atom stereocenters. The van der Waals surface area contributed by atoms with Crippen molar-refractivity contribution in [2.75, 3.05) is 4.90 Å². The van der Waals surface area contributed by atoms with Crippen LogP contribution < -0.4 is 9.64 Å². The number of furan rings is 1. The van der Waals surface area contributed by atoms with Gasteiger partial charge in [0, 0.05) is 73.3 Å². The fourth-order valence-corrected chi connectivity index (χ4v) is 10.7. The predicted octanol–water partition coefficient (Wildman–Crippen LogP) is 16.1. The smallest absolute Gasteiger partial charge is 0.145 e. The predicted molar refractivity (Wildman–Crippen MR) is 264 cm³/mol. The van der Waals surface area contributed by atoms with E-state index in [1.54, 1.807) is 0 Å². The van der Waals surface area contributed by atoms with Gasteiger partial charge >= 0.3 is 0 Å². The topological polar surface area (TPSA) is 30.5 Å². The minimum Gasteiger partial charge on any atom is -0.460 e. The van der Waals surface area contributed by atoms with Crippen LogP contribution in [0.5, 0.6) is 5.75 Å². The molecule has 9 aromatic rings. The van der Waals surface area contributed by atoms with E-state index in [0.29, 0.717) is 5.92 Å². The molecule has 4 aliphatic rings. The molecule has 2 unspecified atom stereocenters. The highest BCUT2D eigenvalue weighted by Crippen LogP contribution is 2.49. The van der Waals surface area contributed by atoms with Crippen LogP contribution in [0.3, 0.4) is 0 Å².